The number of imidazole rings is 1. The third-order valence-corrected chi connectivity index (χ3v) is 9.32. The van der Waals surface area contributed by atoms with Crippen molar-refractivity contribution in [1.82, 2.24) is 24.6 Å². The number of nitrogens with one attached hydrogen (secondary N) is 1. The van der Waals surface area contributed by atoms with E-state index in [9.17, 15) is 13.8 Å². The molecule has 0 amide bonds. The van der Waals surface area contributed by atoms with E-state index in [-0.39, 0.29) is 41.7 Å². The Labute approximate surface area is 279 Å². The molecular weight excluding hydrogens is 638 g/mol. The van der Waals surface area contributed by atoms with Gasteiger partial charge in [0.15, 0.2) is 22.6 Å². The third kappa shape index (κ3) is 8.57. The Morgan fingerprint density at radius 2 is 1.85 bits per heavy atom. The minimum Gasteiger partial charge on any atom is -0.461 e. The molecule has 1 aliphatic rings. The van der Waals surface area contributed by atoms with Gasteiger partial charge in [0.05, 0.1) is 12.9 Å². The first-order valence-corrected chi connectivity index (χ1v) is 17.4. The average molecular weight is 678 g/mol. The second-order valence-corrected chi connectivity index (χ2v) is 13.1. The monoisotopic (exact) mass is 677 g/mol. The Balaban J connectivity index is 1.40. The molecule has 4 atom stereocenters. The lowest BCUT2D eigenvalue weighted by Crippen LogP contribution is -2.42. The fourth-order valence-electron chi connectivity index (χ4n) is 5.42. The van der Waals surface area contributed by atoms with Crippen LogP contribution in [0.3, 0.4) is 0 Å². The van der Waals surface area contributed by atoms with E-state index in [0.717, 1.165) is 18.4 Å². The molecule has 2 aromatic carbocycles. The lowest BCUT2D eigenvalue weighted by Gasteiger charge is -2.29. The van der Waals surface area contributed by atoms with Crippen LogP contribution in [0.25, 0.3) is 11.2 Å². The van der Waals surface area contributed by atoms with Crippen LogP contribution in [0.15, 0.2) is 67.0 Å². The van der Waals surface area contributed by atoms with Crippen LogP contribution in [0.4, 0.5) is 10.2 Å². The Bertz CT molecular complexity index is 1760. The number of nitrogen functional groups attached to an aromatic ring is 1. The molecule has 3 N–H and O–H groups in total. The molecule has 1 radical (unpaired) electrons. The number of ether oxygens (including phenoxy) is 2. The molecule has 14 heteroatoms. The van der Waals surface area contributed by atoms with E-state index in [1.54, 1.807) is 36.8 Å². The van der Waals surface area contributed by atoms with Gasteiger partial charge >= 0.3 is 19.8 Å². The number of terminal acetylenes is 1. The number of benzene rings is 2. The highest BCUT2D eigenvalue weighted by Gasteiger charge is 2.44. The van der Waals surface area contributed by atoms with Crippen LogP contribution in [0, 0.1) is 24.8 Å². The van der Waals surface area contributed by atoms with Crippen molar-refractivity contribution in [2.75, 3.05) is 12.3 Å². The van der Waals surface area contributed by atoms with E-state index in [1.165, 1.54) is 10.9 Å². The standard InChI is InChI=1S/C34H39FN6O6P/c1-4-13-25(14-5-2)45-32(42)27(21-24-15-9-7-10-16-24)40-48(43,47-26-17-11-8-12-18-26)44-22-34(6-3)20-19-28(46-34)41-23-37-29-30(36)38-33(35)39-31(29)41/h3,7-12,15-18,20,23,25,27-28H,4-5,13-14,19,21-22H2,1-2H3,(H,40,43)(H2,36,38,39)/t27-,28+,34-,48-/m0/s1. The van der Waals surface area contributed by atoms with Crippen molar-refractivity contribution in [2.24, 2.45) is 0 Å². The topological polar surface area (TPSA) is 153 Å². The first-order valence-electron chi connectivity index (χ1n) is 15.8. The number of rotatable bonds is 16. The summed E-state index contributed by atoms with van der Waals surface area (Å²) in [5.74, 6) is 2.12. The van der Waals surface area contributed by atoms with Crippen molar-refractivity contribution in [1.29, 1.82) is 0 Å². The summed E-state index contributed by atoms with van der Waals surface area (Å²) in [6, 6.07) is 16.6. The largest absolute Gasteiger partial charge is 0.461 e. The van der Waals surface area contributed by atoms with Crippen LogP contribution < -0.4 is 15.3 Å². The zero-order valence-corrected chi connectivity index (χ0v) is 27.7. The van der Waals surface area contributed by atoms with Gasteiger partial charge in [-0.05, 0) is 43.4 Å². The van der Waals surface area contributed by atoms with Gasteiger partial charge in [0, 0.05) is 6.42 Å². The number of hydrogen-bond acceptors (Lipinski definition) is 10. The van der Waals surface area contributed by atoms with Crippen molar-refractivity contribution in [3.05, 3.63) is 85.1 Å². The lowest BCUT2D eigenvalue weighted by molar-refractivity contribution is -0.152. The number of para-hydroxylation sites is 1. The molecule has 0 unspecified atom stereocenters. The third-order valence-electron chi connectivity index (χ3n) is 7.77. The van der Waals surface area contributed by atoms with Crippen LogP contribution in [-0.2, 0) is 29.8 Å². The number of halogens is 1. The van der Waals surface area contributed by atoms with Gasteiger partial charge in [0.1, 0.15) is 24.1 Å². The Kier molecular flexibility index (Phi) is 11.4. The van der Waals surface area contributed by atoms with Gasteiger partial charge in [-0.25, -0.2) is 9.55 Å². The maximum Gasteiger partial charge on any atom is 0.459 e. The Hall–Kier alpha value is -4.34. The van der Waals surface area contributed by atoms with Crippen LogP contribution in [0.2, 0.25) is 0 Å². The van der Waals surface area contributed by atoms with Gasteiger partial charge in [0.2, 0.25) is 0 Å². The molecule has 0 aliphatic carbocycles. The molecule has 2 aromatic heterocycles. The summed E-state index contributed by atoms with van der Waals surface area (Å²) in [5, 5.41) is 2.87. The minimum atomic E-state index is -4.35. The molecule has 3 heterocycles. The van der Waals surface area contributed by atoms with Crippen molar-refractivity contribution < 1.29 is 32.3 Å². The fraction of sp³-hybridized carbons (Fsp3) is 0.382. The number of carbonyl (C=O) groups is 1. The van der Waals surface area contributed by atoms with Gasteiger partial charge in [-0.15, -0.1) is 6.42 Å². The van der Waals surface area contributed by atoms with Gasteiger partial charge in [-0.3, -0.25) is 13.9 Å². The molecule has 0 saturated carbocycles. The fourth-order valence-corrected chi connectivity index (χ4v) is 6.93. The highest BCUT2D eigenvalue weighted by molar-refractivity contribution is 7.52. The van der Waals surface area contributed by atoms with Crippen molar-refractivity contribution >= 4 is 30.7 Å². The second kappa shape index (κ2) is 15.7. The Morgan fingerprint density at radius 1 is 1.17 bits per heavy atom. The molecule has 1 aliphatic heterocycles. The van der Waals surface area contributed by atoms with Crippen LogP contribution in [-0.4, -0.2) is 49.8 Å². The maximum absolute atomic E-state index is 14.6. The highest BCUT2D eigenvalue weighted by Crippen LogP contribution is 2.48. The smallest absolute Gasteiger partial charge is 0.459 e. The number of anilines is 1. The summed E-state index contributed by atoms with van der Waals surface area (Å²) in [5.41, 5.74) is 5.47. The van der Waals surface area contributed by atoms with E-state index in [2.05, 4.69) is 26.0 Å². The van der Waals surface area contributed by atoms with E-state index in [4.69, 9.17) is 30.7 Å². The quantitative estimate of drug-likeness (QED) is 0.0625. The van der Waals surface area contributed by atoms with Crippen molar-refractivity contribution in [3.8, 4) is 18.1 Å². The maximum atomic E-state index is 14.6. The van der Waals surface area contributed by atoms with E-state index in [1.807, 2.05) is 44.2 Å². The summed E-state index contributed by atoms with van der Waals surface area (Å²) < 4.78 is 54.2. The number of hydrogen-bond donors (Lipinski definition) is 2. The minimum absolute atomic E-state index is 0.117. The van der Waals surface area contributed by atoms with E-state index in [0.29, 0.717) is 12.8 Å². The molecule has 12 nitrogen and oxygen atoms in total. The molecule has 1 fully saturated rings. The highest BCUT2D eigenvalue weighted by atomic mass is 31.2. The molecule has 253 valence electrons. The second-order valence-electron chi connectivity index (χ2n) is 11.4. The number of fused-ring (bicyclic) bond motifs is 1. The summed E-state index contributed by atoms with van der Waals surface area (Å²) in [6.45, 7) is 3.63. The van der Waals surface area contributed by atoms with E-state index < -0.39 is 44.3 Å². The van der Waals surface area contributed by atoms with Crippen LogP contribution in [0.5, 0.6) is 5.75 Å². The van der Waals surface area contributed by atoms with Crippen LogP contribution >= 0.6 is 7.75 Å². The van der Waals surface area contributed by atoms with Gasteiger partial charge in [0.25, 0.3) is 0 Å². The Morgan fingerprint density at radius 3 is 2.52 bits per heavy atom. The normalized spacial score (nSPS) is 19.5. The number of aromatic nitrogens is 4. The predicted molar refractivity (Wildman–Crippen MR) is 178 cm³/mol. The predicted octanol–water partition coefficient (Wildman–Crippen LogP) is 5.96. The van der Waals surface area contributed by atoms with Crippen molar-refractivity contribution in [2.45, 2.75) is 76.3 Å². The zero-order chi connectivity index (χ0) is 34.1. The molecule has 4 aromatic rings. The van der Waals surface area contributed by atoms with Crippen molar-refractivity contribution in [3.63, 3.8) is 0 Å². The average Bonchev–Trinajstić information content (AvgIpc) is 3.70. The number of nitrogens with zero attached hydrogens (tertiary/aromatic N) is 4. The number of carbonyl (C=O) groups excluding carboxylic acids is 1. The molecule has 5 rings (SSSR count). The summed E-state index contributed by atoms with van der Waals surface area (Å²) >= 11 is 0. The van der Waals surface area contributed by atoms with E-state index >= 15 is 0 Å². The van der Waals surface area contributed by atoms with Gasteiger partial charge < -0.3 is 19.7 Å². The summed E-state index contributed by atoms with van der Waals surface area (Å²) in [7, 11) is -4.35. The first-order chi connectivity index (χ1) is 23.2. The first kappa shape index (κ1) is 35.0. The summed E-state index contributed by atoms with van der Waals surface area (Å²) in [6.07, 6.45) is 10.4. The SMILES string of the molecule is C#C[C@@]1(CO[P@@](=O)(N[C@@H](Cc2ccccc2)C(=O)OC(CCC)CCC)Oc2ccccc2)[CH]C[C@H](n2cnc3c(N)nc(F)nc32)O1. The van der Waals surface area contributed by atoms with Gasteiger partial charge in [-0.2, -0.15) is 19.4 Å². The number of esters is 1. The molecule has 1 saturated heterocycles. The molecule has 48 heavy (non-hydrogen) atoms. The molecular formula is C34H39FN6O6P. The zero-order valence-electron chi connectivity index (χ0n) is 26.8. The summed E-state index contributed by atoms with van der Waals surface area (Å²) in [4.78, 5) is 25.2. The van der Waals surface area contributed by atoms with Gasteiger partial charge in [-0.1, -0.05) is 81.1 Å². The number of nitrogens with two attached hydrogens (primary N) is 1. The van der Waals surface area contributed by atoms with Crippen LogP contribution in [0.1, 0.15) is 57.7 Å². The molecule has 0 spiro atoms. The lowest BCUT2D eigenvalue weighted by atomic mass is 10.0. The molecule has 0 bridgehead atoms.